The summed E-state index contributed by atoms with van der Waals surface area (Å²) < 4.78 is 5.53. The summed E-state index contributed by atoms with van der Waals surface area (Å²) in [7, 11) is 1.67. The van der Waals surface area contributed by atoms with Gasteiger partial charge in [-0.05, 0) is 32.0 Å². The molecule has 0 bridgehead atoms. The maximum Gasteiger partial charge on any atom is 0.315 e. The second-order valence-corrected chi connectivity index (χ2v) is 6.51. The Bertz CT molecular complexity index is 616. The second kappa shape index (κ2) is 8.20. The van der Waals surface area contributed by atoms with E-state index in [2.05, 4.69) is 26.9 Å². The summed E-state index contributed by atoms with van der Waals surface area (Å²) in [5.41, 5.74) is 1.08. The molecule has 3 N–H and O–H groups in total. The predicted molar refractivity (Wildman–Crippen MR) is 94.5 cm³/mol. The van der Waals surface area contributed by atoms with Gasteiger partial charge in [0.2, 0.25) is 5.91 Å². The molecule has 0 aromatic heterocycles. The largest absolute Gasteiger partial charge is 0.496 e. The maximum absolute atomic E-state index is 12.3. The lowest BCUT2D eigenvalue weighted by molar-refractivity contribution is -0.122. The first-order valence-electron chi connectivity index (χ1n) is 8.88. The number of carbonyl (C=O) groups excluding carboxylic acids is 2. The first-order valence-corrected chi connectivity index (χ1v) is 8.88. The Hall–Kier alpha value is -2.28. The molecule has 7 heteroatoms. The smallest absolute Gasteiger partial charge is 0.315 e. The predicted octanol–water partition coefficient (Wildman–Crippen LogP) is 1.02. The summed E-state index contributed by atoms with van der Waals surface area (Å²) in [4.78, 5) is 26.0. The van der Waals surface area contributed by atoms with Gasteiger partial charge in [0.05, 0.1) is 13.2 Å². The molecule has 0 aliphatic carbocycles. The van der Waals surface area contributed by atoms with E-state index in [1.807, 2.05) is 18.2 Å². The molecule has 0 saturated carbocycles. The number of nitrogens with zero attached hydrogens (tertiary/aromatic N) is 1. The highest BCUT2D eigenvalue weighted by molar-refractivity contribution is 5.90. The highest BCUT2D eigenvalue weighted by Crippen LogP contribution is 2.30. The number of ether oxygens (including phenoxy) is 1. The third kappa shape index (κ3) is 4.22. The third-order valence-electron chi connectivity index (χ3n) is 4.89. The molecular formula is C18H26N4O3. The Morgan fingerprint density at radius 3 is 2.76 bits per heavy atom. The Labute approximate surface area is 148 Å². The normalized spacial score (nSPS) is 22.0. The number of methoxy groups -OCH3 is 1. The molecule has 3 amide bonds. The minimum absolute atomic E-state index is 0.0606. The van der Waals surface area contributed by atoms with Crippen LogP contribution in [0.3, 0.4) is 0 Å². The van der Waals surface area contributed by atoms with Crippen LogP contribution < -0.4 is 20.7 Å². The molecule has 0 radical (unpaired) electrons. The van der Waals surface area contributed by atoms with Crippen LogP contribution in [0.5, 0.6) is 5.75 Å². The Morgan fingerprint density at radius 1 is 1.32 bits per heavy atom. The van der Waals surface area contributed by atoms with E-state index in [4.69, 9.17) is 4.74 Å². The number of rotatable bonds is 6. The molecule has 2 aliphatic heterocycles. The van der Waals surface area contributed by atoms with Crippen LogP contribution in [0.2, 0.25) is 0 Å². The lowest BCUT2D eigenvalue weighted by atomic mass is 10.0. The van der Waals surface area contributed by atoms with Gasteiger partial charge in [-0.25, -0.2) is 4.79 Å². The van der Waals surface area contributed by atoms with Gasteiger partial charge in [-0.3, -0.25) is 9.69 Å². The number of likely N-dealkylation sites (tertiary alicyclic amines) is 1. The van der Waals surface area contributed by atoms with E-state index in [0.29, 0.717) is 13.1 Å². The average molecular weight is 346 g/mol. The molecule has 2 fully saturated rings. The number of urea groups is 1. The summed E-state index contributed by atoms with van der Waals surface area (Å²) in [5, 5.41) is 8.23. The van der Waals surface area contributed by atoms with Crippen LogP contribution in [0.1, 0.15) is 30.9 Å². The van der Waals surface area contributed by atoms with Crippen molar-refractivity contribution in [2.75, 3.05) is 33.3 Å². The third-order valence-corrected chi connectivity index (χ3v) is 4.89. The molecule has 25 heavy (non-hydrogen) atoms. The number of benzene rings is 1. The first kappa shape index (κ1) is 17.5. The van der Waals surface area contributed by atoms with E-state index in [1.54, 1.807) is 7.11 Å². The number of piperidine rings is 1. The summed E-state index contributed by atoms with van der Waals surface area (Å²) in [6.07, 6.45) is 3.59. The standard InChI is InChI=1S/C18H26N4O3/c1-25-16-8-4-3-7-13(16)15(22-9-5-2-6-10-22)12-19-17(23)14-11-20-18(24)21-14/h3-4,7-8,14-15H,2,5-6,9-12H2,1H3,(H,19,23)(H2,20,21,24)/t14-,15+/m0/s1. The highest BCUT2D eigenvalue weighted by atomic mass is 16.5. The van der Waals surface area contributed by atoms with Gasteiger partial charge in [0.1, 0.15) is 11.8 Å². The Kier molecular flexibility index (Phi) is 5.75. The van der Waals surface area contributed by atoms with Crippen molar-refractivity contribution in [2.24, 2.45) is 0 Å². The van der Waals surface area contributed by atoms with Gasteiger partial charge < -0.3 is 20.7 Å². The van der Waals surface area contributed by atoms with Crippen LogP contribution in [-0.2, 0) is 4.79 Å². The number of hydrogen-bond acceptors (Lipinski definition) is 4. The fourth-order valence-electron chi connectivity index (χ4n) is 3.54. The molecular weight excluding hydrogens is 320 g/mol. The van der Waals surface area contributed by atoms with Crippen molar-refractivity contribution < 1.29 is 14.3 Å². The number of nitrogens with one attached hydrogen (secondary N) is 3. The fraction of sp³-hybridized carbons (Fsp3) is 0.556. The number of carbonyl (C=O) groups is 2. The van der Waals surface area contributed by atoms with E-state index in [-0.39, 0.29) is 18.0 Å². The van der Waals surface area contributed by atoms with Gasteiger partial charge in [0, 0.05) is 18.7 Å². The van der Waals surface area contributed by atoms with E-state index < -0.39 is 6.04 Å². The molecule has 2 atom stereocenters. The van der Waals surface area contributed by atoms with Crippen molar-refractivity contribution in [2.45, 2.75) is 31.3 Å². The highest BCUT2D eigenvalue weighted by Gasteiger charge is 2.29. The van der Waals surface area contributed by atoms with E-state index in [0.717, 1.165) is 24.4 Å². The number of hydrogen-bond donors (Lipinski definition) is 3. The van der Waals surface area contributed by atoms with Crippen LogP contribution >= 0.6 is 0 Å². The quantitative estimate of drug-likeness (QED) is 0.718. The van der Waals surface area contributed by atoms with Gasteiger partial charge in [0.25, 0.3) is 0 Å². The number of amides is 3. The first-order chi connectivity index (χ1) is 12.2. The molecule has 3 rings (SSSR count). The van der Waals surface area contributed by atoms with Gasteiger partial charge in [-0.15, -0.1) is 0 Å². The Morgan fingerprint density at radius 2 is 2.08 bits per heavy atom. The lowest BCUT2D eigenvalue weighted by Gasteiger charge is -2.35. The molecule has 1 aromatic carbocycles. The summed E-state index contributed by atoms with van der Waals surface area (Å²) in [6, 6.07) is 7.22. The van der Waals surface area contributed by atoms with Crippen LogP contribution in [-0.4, -0.2) is 56.2 Å². The zero-order valence-electron chi connectivity index (χ0n) is 14.6. The van der Waals surface area contributed by atoms with Crippen molar-refractivity contribution in [3.8, 4) is 5.75 Å². The monoisotopic (exact) mass is 346 g/mol. The Balaban J connectivity index is 1.72. The second-order valence-electron chi connectivity index (χ2n) is 6.51. The molecule has 1 aromatic rings. The van der Waals surface area contributed by atoms with Crippen LogP contribution in [0, 0.1) is 0 Å². The lowest BCUT2D eigenvalue weighted by Crippen LogP contribution is -2.47. The molecule has 0 spiro atoms. The zero-order valence-corrected chi connectivity index (χ0v) is 14.6. The maximum atomic E-state index is 12.3. The van der Waals surface area contributed by atoms with Gasteiger partial charge >= 0.3 is 6.03 Å². The minimum Gasteiger partial charge on any atom is -0.496 e. The van der Waals surface area contributed by atoms with Crippen LogP contribution in [0.25, 0.3) is 0 Å². The fourth-order valence-corrected chi connectivity index (χ4v) is 3.54. The summed E-state index contributed by atoms with van der Waals surface area (Å²) >= 11 is 0. The number of para-hydroxylation sites is 1. The van der Waals surface area contributed by atoms with E-state index in [9.17, 15) is 9.59 Å². The van der Waals surface area contributed by atoms with E-state index in [1.165, 1.54) is 19.3 Å². The van der Waals surface area contributed by atoms with Crippen molar-refractivity contribution in [1.82, 2.24) is 20.9 Å². The minimum atomic E-state index is -0.507. The summed E-state index contributed by atoms with van der Waals surface area (Å²) in [6.45, 7) is 2.85. The van der Waals surface area contributed by atoms with Gasteiger partial charge in [0.15, 0.2) is 0 Å². The van der Waals surface area contributed by atoms with Crippen LogP contribution in [0.15, 0.2) is 24.3 Å². The van der Waals surface area contributed by atoms with Crippen molar-refractivity contribution in [3.63, 3.8) is 0 Å². The molecule has 7 nitrogen and oxygen atoms in total. The molecule has 0 unspecified atom stereocenters. The average Bonchev–Trinajstić information content (AvgIpc) is 3.09. The van der Waals surface area contributed by atoms with Crippen molar-refractivity contribution in [1.29, 1.82) is 0 Å². The van der Waals surface area contributed by atoms with Gasteiger partial charge in [-0.2, -0.15) is 0 Å². The van der Waals surface area contributed by atoms with Crippen molar-refractivity contribution >= 4 is 11.9 Å². The topological polar surface area (TPSA) is 82.7 Å². The van der Waals surface area contributed by atoms with Crippen molar-refractivity contribution in [3.05, 3.63) is 29.8 Å². The SMILES string of the molecule is COc1ccccc1[C@@H](CNC(=O)[C@@H]1CNC(=O)N1)N1CCCCC1. The molecule has 2 saturated heterocycles. The van der Waals surface area contributed by atoms with Gasteiger partial charge in [-0.1, -0.05) is 24.6 Å². The van der Waals surface area contributed by atoms with Crippen LogP contribution in [0.4, 0.5) is 4.79 Å². The molecule has 2 aliphatic rings. The van der Waals surface area contributed by atoms with E-state index >= 15 is 0 Å². The molecule has 2 heterocycles. The summed E-state index contributed by atoms with van der Waals surface area (Å²) in [5.74, 6) is 0.679. The zero-order chi connectivity index (χ0) is 17.6. The molecule has 136 valence electrons.